The van der Waals surface area contributed by atoms with Crippen LogP contribution in [0.1, 0.15) is 20.8 Å². The van der Waals surface area contributed by atoms with E-state index in [9.17, 15) is 4.79 Å². The molecular weight excluding hydrogens is 360 g/mol. The van der Waals surface area contributed by atoms with Gasteiger partial charge in [-0.1, -0.05) is 23.7 Å². The van der Waals surface area contributed by atoms with Crippen molar-refractivity contribution >= 4 is 35.1 Å². The second-order valence-electron chi connectivity index (χ2n) is 4.85. The molecular formula is C17H13ClN4O2S. The van der Waals surface area contributed by atoms with E-state index in [0.29, 0.717) is 22.4 Å². The number of thiazole rings is 1. The number of benzene rings is 1. The number of carbonyl (C=O) groups excluding carboxylic acids is 1. The minimum absolute atomic E-state index is 0.331. The molecule has 1 N–H and O–H groups in total. The number of carbonyl (C=O) groups is 1. The van der Waals surface area contributed by atoms with E-state index < -0.39 is 0 Å². The smallest absolute Gasteiger partial charge is 0.272 e. The lowest BCUT2D eigenvalue weighted by molar-refractivity contribution is 0.0954. The van der Waals surface area contributed by atoms with Gasteiger partial charge in [-0.05, 0) is 24.3 Å². The van der Waals surface area contributed by atoms with Crippen molar-refractivity contribution < 1.29 is 9.53 Å². The second kappa shape index (κ2) is 8.36. The van der Waals surface area contributed by atoms with Gasteiger partial charge in [0, 0.05) is 24.2 Å². The van der Waals surface area contributed by atoms with Crippen LogP contribution in [0.25, 0.3) is 0 Å². The molecule has 2 heterocycles. The zero-order chi connectivity index (χ0) is 17.5. The second-order valence-corrected chi connectivity index (χ2v) is 6.54. The van der Waals surface area contributed by atoms with Crippen LogP contribution in [-0.4, -0.2) is 22.1 Å². The summed E-state index contributed by atoms with van der Waals surface area (Å²) in [6.07, 6.45) is 6.28. The standard InChI is InChI=1S/C17H13ClN4O2S/c18-17-20-10-14(25-17)11-24-15-6-2-1-4-12(15)9-21-22-16(23)13-5-3-7-19-8-13/h1-10H,11H2,(H,22,23). The van der Waals surface area contributed by atoms with Gasteiger partial charge in [0.2, 0.25) is 0 Å². The summed E-state index contributed by atoms with van der Waals surface area (Å²) < 4.78 is 6.25. The summed E-state index contributed by atoms with van der Waals surface area (Å²) >= 11 is 7.17. The van der Waals surface area contributed by atoms with Crippen molar-refractivity contribution in [3.05, 3.63) is 75.5 Å². The van der Waals surface area contributed by atoms with E-state index >= 15 is 0 Å². The predicted octanol–water partition coefficient (Wildman–Crippen LogP) is 3.53. The van der Waals surface area contributed by atoms with Crippen LogP contribution in [0, 0.1) is 0 Å². The number of nitrogens with zero attached hydrogens (tertiary/aromatic N) is 3. The van der Waals surface area contributed by atoms with Crippen molar-refractivity contribution in [2.45, 2.75) is 6.61 Å². The minimum atomic E-state index is -0.331. The molecule has 3 rings (SSSR count). The fourth-order valence-electron chi connectivity index (χ4n) is 1.94. The van der Waals surface area contributed by atoms with E-state index in [2.05, 4.69) is 20.5 Å². The topological polar surface area (TPSA) is 76.5 Å². The first-order chi connectivity index (χ1) is 12.2. The molecule has 6 nitrogen and oxygen atoms in total. The first-order valence-electron chi connectivity index (χ1n) is 7.28. The van der Waals surface area contributed by atoms with Crippen molar-refractivity contribution in [2.75, 3.05) is 0 Å². The number of pyridine rings is 1. The monoisotopic (exact) mass is 372 g/mol. The highest BCUT2D eigenvalue weighted by molar-refractivity contribution is 7.15. The number of halogens is 1. The van der Waals surface area contributed by atoms with E-state index in [-0.39, 0.29) is 5.91 Å². The van der Waals surface area contributed by atoms with Gasteiger partial charge in [-0.25, -0.2) is 10.4 Å². The fraction of sp³-hybridized carbons (Fsp3) is 0.0588. The van der Waals surface area contributed by atoms with Crippen LogP contribution in [0.2, 0.25) is 4.47 Å². The molecule has 1 aromatic carbocycles. The van der Waals surface area contributed by atoms with Crippen LogP contribution in [0.4, 0.5) is 0 Å². The van der Waals surface area contributed by atoms with Crippen molar-refractivity contribution in [1.82, 2.24) is 15.4 Å². The lowest BCUT2D eigenvalue weighted by atomic mass is 10.2. The van der Waals surface area contributed by atoms with Crippen molar-refractivity contribution in [3.8, 4) is 5.75 Å². The van der Waals surface area contributed by atoms with Crippen LogP contribution in [0.5, 0.6) is 5.75 Å². The zero-order valence-electron chi connectivity index (χ0n) is 12.9. The van der Waals surface area contributed by atoms with Crippen molar-refractivity contribution in [3.63, 3.8) is 0 Å². The number of rotatable bonds is 6. The molecule has 1 amide bonds. The largest absolute Gasteiger partial charge is 0.487 e. The molecule has 0 bridgehead atoms. The summed E-state index contributed by atoms with van der Waals surface area (Å²) in [6, 6.07) is 10.7. The maximum absolute atomic E-state index is 11.9. The van der Waals surface area contributed by atoms with Crippen LogP contribution < -0.4 is 10.2 Å². The van der Waals surface area contributed by atoms with Gasteiger partial charge in [-0.2, -0.15) is 5.10 Å². The Hall–Kier alpha value is -2.77. The van der Waals surface area contributed by atoms with E-state index in [1.165, 1.54) is 23.7 Å². The molecule has 0 atom stereocenters. The minimum Gasteiger partial charge on any atom is -0.487 e. The Morgan fingerprint density at radius 2 is 2.16 bits per heavy atom. The lowest BCUT2D eigenvalue weighted by Gasteiger charge is -2.07. The van der Waals surface area contributed by atoms with Gasteiger partial charge in [0.05, 0.1) is 16.7 Å². The quantitative estimate of drug-likeness (QED) is 0.530. The van der Waals surface area contributed by atoms with Crippen LogP contribution in [-0.2, 0) is 6.61 Å². The SMILES string of the molecule is O=C(NN=Cc1ccccc1OCc1cnc(Cl)s1)c1cccnc1. The van der Waals surface area contributed by atoms with Gasteiger partial charge in [0.15, 0.2) is 4.47 Å². The number of ether oxygens (including phenoxy) is 1. The average molecular weight is 373 g/mol. The van der Waals surface area contributed by atoms with Gasteiger partial charge in [0.1, 0.15) is 12.4 Å². The Morgan fingerprint density at radius 1 is 1.28 bits per heavy atom. The third kappa shape index (κ3) is 4.85. The molecule has 0 saturated heterocycles. The molecule has 0 unspecified atom stereocenters. The number of nitrogens with one attached hydrogen (secondary N) is 1. The van der Waals surface area contributed by atoms with Gasteiger partial charge in [-0.3, -0.25) is 9.78 Å². The van der Waals surface area contributed by atoms with Crippen molar-refractivity contribution in [2.24, 2.45) is 5.10 Å². The van der Waals surface area contributed by atoms with Crippen LogP contribution in [0.3, 0.4) is 0 Å². The Morgan fingerprint density at radius 3 is 2.92 bits per heavy atom. The predicted molar refractivity (Wildman–Crippen MR) is 97.2 cm³/mol. The number of hydrogen-bond acceptors (Lipinski definition) is 6. The highest BCUT2D eigenvalue weighted by Crippen LogP contribution is 2.21. The number of para-hydroxylation sites is 1. The van der Waals surface area contributed by atoms with E-state index in [4.69, 9.17) is 16.3 Å². The molecule has 2 aromatic heterocycles. The number of amides is 1. The summed E-state index contributed by atoms with van der Waals surface area (Å²) in [5, 5.41) is 3.97. The average Bonchev–Trinajstić information content (AvgIpc) is 3.07. The van der Waals surface area contributed by atoms with Gasteiger partial charge < -0.3 is 4.74 Å². The number of aromatic nitrogens is 2. The van der Waals surface area contributed by atoms with E-state index in [1.807, 2.05) is 24.3 Å². The molecule has 0 radical (unpaired) electrons. The van der Waals surface area contributed by atoms with Gasteiger partial charge in [-0.15, -0.1) is 11.3 Å². The van der Waals surface area contributed by atoms with Gasteiger partial charge >= 0.3 is 0 Å². The molecule has 0 aliphatic rings. The van der Waals surface area contributed by atoms with Gasteiger partial charge in [0.25, 0.3) is 5.91 Å². The molecule has 0 aliphatic carbocycles. The van der Waals surface area contributed by atoms with E-state index in [0.717, 1.165) is 10.4 Å². The molecule has 126 valence electrons. The third-order valence-corrected chi connectivity index (χ3v) is 4.20. The Labute approximate surface area is 153 Å². The number of hydrogen-bond donors (Lipinski definition) is 1. The third-order valence-electron chi connectivity index (χ3n) is 3.11. The Bertz CT molecular complexity index is 883. The summed E-state index contributed by atoms with van der Waals surface area (Å²) in [5.74, 6) is 0.313. The Kier molecular flexibility index (Phi) is 5.71. The maximum Gasteiger partial charge on any atom is 0.272 e. The molecule has 0 fully saturated rings. The highest BCUT2D eigenvalue weighted by atomic mass is 35.5. The van der Waals surface area contributed by atoms with E-state index in [1.54, 1.807) is 24.5 Å². The first kappa shape index (κ1) is 17.1. The lowest BCUT2D eigenvalue weighted by Crippen LogP contribution is -2.17. The fourth-order valence-corrected chi connectivity index (χ4v) is 2.83. The summed E-state index contributed by atoms with van der Waals surface area (Å²) in [4.78, 5) is 20.7. The molecule has 3 aromatic rings. The van der Waals surface area contributed by atoms with Crippen LogP contribution in [0.15, 0.2) is 60.1 Å². The molecule has 0 aliphatic heterocycles. The molecule has 25 heavy (non-hydrogen) atoms. The zero-order valence-corrected chi connectivity index (χ0v) is 14.5. The van der Waals surface area contributed by atoms with Crippen LogP contribution >= 0.6 is 22.9 Å². The number of hydrazone groups is 1. The molecule has 0 saturated carbocycles. The maximum atomic E-state index is 11.9. The molecule has 8 heteroatoms. The molecule has 0 spiro atoms. The first-order valence-corrected chi connectivity index (χ1v) is 8.47. The Balaban J connectivity index is 1.63. The highest BCUT2D eigenvalue weighted by Gasteiger charge is 2.05. The summed E-state index contributed by atoms with van der Waals surface area (Å²) in [5.41, 5.74) is 3.64. The normalized spacial score (nSPS) is 10.8. The summed E-state index contributed by atoms with van der Waals surface area (Å²) in [6.45, 7) is 0.358. The van der Waals surface area contributed by atoms with Crippen molar-refractivity contribution in [1.29, 1.82) is 0 Å². The summed E-state index contributed by atoms with van der Waals surface area (Å²) in [7, 11) is 0.